The Morgan fingerprint density at radius 1 is 0.536 bits per heavy atom. The maximum absolute atomic E-state index is 13.0. The van der Waals surface area contributed by atoms with Crippen molar-refractivity contribution in [2.24, 2.45) is 0 Å². The van der Waals surface area contributed by atoms with E-state index in [1.165, 1.54) is 173 Å². The Morgan fingerprint density at radius 3 is 1.27 bits per heavy atom. The monoisotopic (exact) mass is 800 g/mol. The van der Waals surface area contributed by atoms with Crippen LogP contribution in [-0.4, -0.2) is 87.5 Å². The van der Waals surface area contributed by atoms with Gasteiger partial charge in [0, 0.05) is 6.42 Å². The average Bonchev–Trinajstić information content (AvgIpc) is 3.20. The van der Waals surface area contributed by atoms with Gasteiger partial charge in [-0.3, -0.25) is 4.79 Å². The zero-order valence-electron chi connectivity index (χ0n) is 36.7. The Kier molecular flexibility index (Phi) is 36.5. The highest BCUT2D eigenvalue weighted by Gasteiger charge is 2.44. The molecule has 0 aromatic rings. The number of rotatable bonds is 41. The summed E-state index contributed by atoms with van der Waals surface area (Å²) < 4.78 is 11.3. The maximum atomic E-state index is 13.0. The van der Waals surface area contributed by atoms with Gasteiger partial charge in [-0.2, -0.15) is 0 Å². The van der Waals surface area contributed by atoms with Gasteiger partial charge in [-0.15, -0.1) is 0 Å². The van der Waals surface area contributed by atoms with Gasteiger partial charge in [0.25, 0.3) is 0 Å². The molecule has 1 amide bonds. The van der Waals surface area contributed by atoms with E-state index in [4.69, 9.17) is 9.47 Å². The molecule has 334 valence electrons. The van der Waals surface area contributed by atoms with Crippen LogP contribution in [0.15, 0.2) is 0 Å². The topological polar surface area (TPSA) is 149 Å². The second kappa shape index (κ2) is 38.4. The molecule has 2 unspecified atom stereocenters. The lowest BCUT2D eigenvalue weighted by atomic mass is 9.99. The number of hydrogen-bond acceptors (Lipinski definition) is 8. The van der Waals surface area contributed by atoms with Crippen LogP contribution in [0.2, 0.25) is 0 Å². The van der Waals surface area contributed by atoms with E-state index in [0.717, 1.165) is 38.5 Å². The highest BCUT2D eigenvalue weighted by molar-refractivity contribution is 5.76. The van der Waals surface area contributed by atoms with Crippen LogP contribution in [0.25, 0.3) is 0 Å². The SMILES string of the molecule is CCCCCCCCCCCCCCCCCCCCC(=O)N[C@@H](CO[C@H]1O[C@@H](CO)[C@H](O)C(O)C1O)[C@H](O)CCCCCCCCCCCCCCCCC. The van der Waals surface area contributed by atoms with E-state index in [9.17, 15) is 30.3 Å². The average molecular weight is 800 g/mol. The first-order chi connectivity index (χ1) is 27.3. The number of hydrogen-bond donors (Lipinski definition) is 6. The molecule has 1 saturated heterocycles. The van der Waals surface area contributed by atoms with Crippen molar-refractivity contribution in [3.63, 3.8) is 0 Å². The molecule has 1 aliphatic rings. The summed E-state index contributed by atoms with van der Waals surface area (Å²) in [6.45, 7) is 3.86. The zero-order chi connectivity index (χ0) is 40.9. The molecular weight excluding hydrogens is 707 g/mol. The van der Waals surface area contributed by atoms with Gasteiger partial charge in [0.2, 0.25) is 5.91 Å². The summed E-state index contributed by atoms with van der Waals surface area (Å²) in [5, 5.41) is 54.4. The van der Waals surface area contributed by atoms with Crippen LogP contribution >= 0.6 is 0 Å². The predicted octanol–water partition coefficient (Wildman–Crippen LogP) is 10.3. The third kappa shape index (κ3) is 28.6. The quantitative estimate of drug-likeness (QED) is 0.0335. The minimum atomic E-state index is -1.55. The van der Waals surface area contributed by atoms with Crippen LogP contribution in [0.4, 0.5) is 0 Å². The molecule has 7 atom stereocenters. The fourth-order valence-electron chi connectivity index (χ4n) is 8.04. The van der Waals surface area contributed by atoms with Gasteiger partial charge in [0.1, 0.15) is 24.4 Å². The Bertz CT molecular complexity index is 847. The van der Waals surface area contributed by atoms with Crippen molar-refractivity contribution in [3.05, 3.63) is 0 Å². The molecule has 0 aromatic heterocycles. The number of aliphatic hydroxyl groups excluding tert-OH is 5. The maximum Gasteiger partial charge on any atom is 0.220 e. The predicted molar refractivity (Wildman–Crippen MR) is 231 cm³/mol. The molecule has 1 heterocycles. The van der Waals surface area contributed by atoms with E-state index in [1.54, 1.807) is 0 Å². The minimum absolute atomic E-state index is 0.131. The molecule has 9 heteroatoms. The smallest absolute Gasteiger partial charge is 0.220 e. The third-order valence-corrected chi connectivity index (χ3v) is 12.0. The second-order valence-electron chi connectivity index (χ2n) is 17.3. The Hall–Kier alpha value is -0.810. The molecule has 0 bridgehead atoms. The van der Waals surface area contributed by atoms with Crippen LogP contribution in [0.5, 0.6) is 0 Å². The van der Waals surface area contributed by atoms with Crippen molar-refractivity contribution in [1.29, 1.82) is 0 Å². The summed E-state index contributed by atoms with van der Waals surface area (Å²) >= 11 is 0. The summed E-state index contributed by atoms with van der Waals surface area (Å²) in [6, 6.07) is -0.711. The van der Waals surface area contributed by atoms with Gasteiger partial charge in [-0.1, -0.05) is 219 Å². The Balaban J connectivity index is 2.28. The molecule has 0 aromatic carbocycles. The van der Waals surface area contributed by atoms with Crippen molar-refractivity contribution >= 4 is 5.91 Å². The van der Waals surface area contributed by atoms with Crippen LogP contribution in [0.3, 0.4) is 0 Å². The van der Waals surface area contributed by atoms with Gasteiger partial charge >= 0.3 is 0 Å². The number of nitrogens with one attached hydrogen (secondary N) is 1. The van der Waals surface area contributed by atoms with Gasteiger partial charge in [-0.05, 0) is 12.8 Å². The molecule has 1 rings (SSSR count). The molecule has 0 radical (unpaired) electrons. The third-order valence-electron chi connectivity index (χ3n) is 12.0. The number of aliphatic hydroxyl groups is 5. The van der Waals surface area contributed by atoms with E-state index < -0.39 is 49.5 Å². The lowest BCUT2D eigenvalue weighted by Gasteiger charge is -2.40. The largest absolute Gasteiger partial charge is 0.394 e. The number of amides is 1. The van der Waals surface area contributed by atoms with Crippen molar-refractivity contribution in [2.45, 2.75) is 281 Å². The van der Waals surface area contributed by atoms with Crippen LogP contribution in [-0.2, 0) is 14.3 Å². The fraction of sp³-hybridized carbons (Fsp3) is 0.979. The lowest BCUT2D eigenvalue weighted by molar-refractivity contribution is -0.302. The highest BCUT2D eigenvalue weighted by atomic mass is 16.7. The molecular formula is C47H93NO8. The van der Waals surface area contributed by atoms with Crippen LogP contribution < -0.4 is 5.32 Å². The van der Waals surface area contributed by atoms with Gasteiger partial charge in [0.05, 0.1) is 25.4 Å². The first-order valence-electron chi connectivity index (χ1n) is 24.2. The summed E-state index contributed by atoms with van der Waals surface area (Å²) in [5.74, 6) is -0.139. The van der Waals surface area contributed by atoms with Crippen molar-refractivity contribution in [2.75, 3.05) is 13.2 Å². The molecule has 9 nitrogen and oxygen atoms in total. The van der Waals surface area contributed by atoms with E-state index in [-0.39, 0.29) is 12.5 Å². The highest BCUT2D eigenvalue weighted by Crippen LogP contribution is 2.23. The first kappa shape index (κ1) is 53.2. The number of carbonyl (C=O) groups excluding carboxylic acids is 1. The minimum Gasteiger partial charge on any atom is -0.394 e. The second-order valence-corrected chi connectivity index (χ2v) is 17.3. The van der Waals surface area contributed by atoms with Crippen LogP contribution in [0, 0.1) is 0 Å². The van der Waals surface area contributed by atoms with E-state index in [1.807, 2.05) is 0 Å². The number of unbranched alkanes of at least 4 members (excludes halogenated alkanes) is 31. The molecule has 0 saturated carbocycles. The van der Waals surface area contributed by atoms with Crippen molar-refractivity contribution in [1.82, 2.24) is 5.32 Å². The van der Waals surface area contributed by atoms with E-state index in [2.05, 4.69) is 19.2 Å². The summed E-state index contributed by atoms with van der Waals surface area (Å²) in [6.07, 6.45) is 35.3. The fourth-order valence-corrected chi connectivity index (χ4v) is 8.04. The summed E-state index contributed by atoms with van der Waals surface area (Å²) in [7, 11) is 0. The Morgan fingerprint density at radius 2 is 0.893 bits per heavy atom. The van der Waals surface area contributed by atoms with Gasteiger partial charge in [-0.25, -0.2) is 0 Å². The first-order valence-corrected chi connectivity index (χ1v) is 24.2. The number of ether oxygens (including phenoxy) is 2. The van der Waals surface area contributed by atoms with Crippen molar-refractivity contribution < 1.29 is 39.8 Å². The molecule has 6 N–H and O–H groups in total. The molecule has 0 aliphatic carbocycles. The lowest BCUT2D eigenvalue weighted by Crippen LogP contribution is -2.60. The van der Waals surface area contributed by atoms with Crippen molar-refractivity contribution in [3.8, 4) is 0 Å². The van der Waals surface area contributed by atoms with Crippen LogP contribution in [0.1, 0.15) is 239 Å². The summed E-state index contributed by atoms with van der Waals surface area (Å²) in [4.78, 5) is 13.0. The zero-order valence-corrected chi connectivity index (χ0v) is 36.7. The number of carbonyl (C=O) groups is 1. The van der Waals surface area contributed by atoms with Gasteiger partial charge < -0.3 is 40.3 Å². The summed E-state index contributed by atoms with van der Waals surface area (Å²) in [5.41, 5.74) is 0. The van der Waals surface area contributed by atoms with Gasteiger partial charge in [0.15, 0.2) is 6.29 Å². The van der Waals surface area contributed by atoms with E-state index in [0.29, 0.717) is 12.8 Å². The van der Waals surface area contributed by atoms with E-state index >= 15 is 0 Å². The standard InChI is InChI=1S/C47H93NO8/c1-3-5-7-9-11-13-15-17-19-20-21-23-25-27-29-31-33-35-37-43(51)48-40(39-55-47-46(54)45(53)44(52)42(38-49)56-47)41(50)36-34-32-30-28-26-24-22-18-16-14-12-10-8-6-4-2/h40-42,44-47,49-50,52-54H,3-39H2,1-2H3,(H,48,51)/t40-,41+,42-,44-,45?,46?,47-/m0/s1. The molecule has 1 fully saturated rings. The Labute approximate surface area is 344 Å². The molecule has 56 heavy (non-hydrogen) atoms. The molecule has 1 aliphatic heterocycles. The normalized spacial score (nSPS) is 21.0. The molecule has 0 spiro atoms.